The topological polar surface area (TPSA) is 98.9 Å². The highest BCUT2D eigenvalue weighted by atomic mass is 127. The van der Waals surface area contributed by atoms with Crippen molar-refractivity contribution in [1.29, 1.82) is 0 Å². The third-order valence-corrected chi connectivity index (χ3v) is 5.78. The van der Waals surface area contributed by atoms with E-state index in [9.17, 15) is 18.8 Å². The molecule has 0 saturated carbocycles. The maximum absolute atomic E-state index is 13.8. The lowest BCUT2D eigenvalue weighted by molar-refractivity contribution is -0.127. The van der Waals surface area contributed by atoms with Gasteiger partial charge in [0.05, 0.1) is 15.6 Å². The van der Waals surface area contributed by atoms with Crippen LogP contribution < -0.4 is 15.2 Å². The molecule has 3 amide bonds. The van der Waals surface area contributed by atoms with Crippen LogP contribution in [0.25, 0.3) is 6.08 Å². The fourth-order valence-corrected chi connectivity index (χ4v) is 4.29. The quantitative estimate of drug-likeness (QED) is 0.425. The molecule has 1 aliphatic rings. The van der Waals surface area contributed by atoms with Gasteiger partial charge in [-0.25, -0.2) is 4.39 Å². The number of hydrogen-bond donors (Lipinski definition) is 1. The van der Waals surface area contributed by atoms with Crippen molar-refractivity contribution in [3.63, 3.8) is 0 Å². The molecule has 0 aliphatic carbocycles. The summed E-state index contributed by atoms with van der Waals surface area (Å²) >= 11 is 2.77. The first kappa shape index (κ1) is 22.1. The van der Waals surface area contributed by atoms with Crippen LogP contribution in [0.3, 0.4) is 0 Å². The normalized spacial score (nSPS) is 15.0. The number of methoxy groups -OCH3 is 1. The molecule has 1 aliphatic heterocycles. The van der Waals surface area contributed by atoms with E-state index < -0.39 is 23.6 Å². The van der Waals surface area contributed by atoms with Gasteiger partial charge in [0.25, 0.3) is 11.1 Å². The Bertz CT molecular complexity index is 1060. The van der Waals surface area contributed by atoms with Gasteiger partial charge in [0, 0.05) is 5.56 Å². The second-order valence-electron chi connectivity index (χ2n) is 6.15. The summed E-state index contributed by atoms with van der Waals surface area (Å²) in [6.45, 7) is -0.448. The fraction of sp³-hybridized carbons (Fsp3) is 0.150. The molecule has 10 heteroatoms. The average molecular weight is 542 g/mol. The van der Waals surface area contributed by atoms with Crippen LogP contribution >= 0.6 is 34.4 Å². The Balaban J connectivity index is 1.84. The number of imide groups is 1. The van der Waals surface area contributed by atoms with E-state index in [0.717, 1.165) is 16.7 Å². The van der Waals surface area contributed by atoms with Crippen molar-refractivity contribution < 1.29 is 28.2 Å². The molecule has 2 aromatic carbocycles. The van der Waals surface area contributed by atoms with Gasteiger partial charge in [-0.15, -0.1) is 0 Å². The summed E-state index contributed by atoms with van der Waals surface area (Å²) in [4.78, 5) is 36.3. The van der Waals surface area contributed by atoms with Gasteiger partial charge in [-0.05, 0) is 64.2 Å². The third kappa shape index (κ3) is 4.93. The van der Waals surface area contributed by atoms with Crippen molar-refractivity contribution in [2.75, 3.05) is 13.7 Å². The number of ether oxygens (including phenoxy) is 2. The van der Waals surface area contributed by atoms with Gasteiger partial charge in [0.15, 0.2) is 11.5 Å². The van der Waals surface area contributed by atoms with Crippen LogP contribution in [0.1, 0.15) is 11.1 Å². The zero-order valence-electron chi connectivity index (χ0n) is 15.7. The zero-order chi connectivity index (χ0) is 21.8. The number of halogens is 2. The van der Waals surface area contributed by atoms with Crippen LogP contribution in [0, 0.1) is 9.39 Å². The van der Waals surface area contributed by atoms with Gasteiger partial charge in [0.1, 0.15) is 19.0 Å². The minimum absolute atomic E-state index is 0.0182. The highest BCUT2D eigenvalue weighted by Gasteiger charge is 2.35. The number of nitrogens with zero attached hydrogens (tertiary/aromatic N) is 1. The summed E-state index contributed by atoms with van der Waals surface area (Å²) in [5.74, 6) is -0.903. The van der Waals surface area contributed by atoms with E-state index in [0.29, 0.717) is 26.2 Å². The SMILES string of the molecule is COc1cc(/C=C2\SC(=O)N(CC(N)=O)C2=O)cc(I)c1OCc1ccccc1F. The molecule has 1 saturated heterocycles. The number of rotatable bonds is 7. The molecule has 1 fully saturated rings. The van der Waals surface area contributed by atoms with Gasteiger partial charge >= 0.3 is 0 Å². The van der Waals surface area contributed by atoms with Crippen molar-refractivity contribution in [1.82, 2.24) is 4.90 Å². The first-order valence-electron chi connectivity index (χ1n) is 8.57. The lowest BCUT2D eigenvalue weighted by Crippen LogP contribution is -2.36. The minimum atomic E-state index is -0.772. The molecule has 0 aromatic heterocycles. The number of benzene rings is 2. The van der Waals surface area contributed by atoms with Crippen molar-refractivity contribution in [2.45, 2.75) is 6.61 Å². The average Bonchev–Trinajstić information content (AvgIpc) is 2.95. The summed E-state index contributed by atoms with van der Waals surface area (Å²) in [7, 11) is 1.46. The van der Waals surface area contributed by atoms with Crippen LogP contribution in [0.4, 0.5) is 9.18 Å². The van der Waals surface area contributed by atoms with Crippen LogP contribution in [-0.2, 0) is 16.2 Å². The van der Waals surface area contributed by atoms with E-state index >= 15 is 0 Å². The van der Waals surface area contributed by atoms with Crippen LogP contribution in [0.15, 0.2) is 41.3 Å². The van der Waals surface area contributed by atoms with Gasteiger partial charge in [0.2, 0.25) is 5.91 Å². The Labute approximate surface area is 189 Å². The standard InChI is InChI=1S/C20H16FIN2O5S/c1-28-15-7-11(8-16-19(26)24(9-17(23)25)20(27)30-16)6-14(22)18(15)29-10-12-4-2-3-5-13(12)21/h2-8H,9-10H2,1H3,(H2,23,25)/b16-8-. The molecule has 156 valence electrons. The molecule has 0 atom stereocenters. The number of hydrogen-bond acceptors (Lipinski definition) is 6. The van der Waals surface area contributed by atoms with Crippen molar-refractivity contribution in [2.24, 2.45) is 5.73 Å². The number of amides is 3. The largest absolute Gasteiger partial charge is 0.493 e. The first-order valence-corrected chi connectivity index (χ1v) is 10.5. The van der Waals surface area contributed by atoms with E-state index in [-0.39, 0.29) is 17.3 Å². The smallest absolute Gasteiger partial charge is 0.294 e. The molecule has 3 rings (SSSR count). The second-order valence-corrected chi connectivity index (χ2v) is 8.30. The van der Waals surface area contributed by atoms with E-state index in [4.69, 9.17) is 15.2 Å². The van der Waals surface area contributed by atoms with Crippen molar-refractivity contribution in [3.05, 3.63) is 61.8 Å². The third-order valence-electron chi connectivity index (χ3n) is 4.07. The number of nitrogens with two attached hydrogens (primary N) is 1. The van der Waals surface area contributed by atoms with Gasteiger partial charge in [-0.2, -0.15) is 0 Å². The highest BCUT2D eigenvalue weighted by Crippen LogP contribution is 2.37. The number of thioether (sulfide) groups is 1. The molecular formula is C20H16FIN2O5S. The van der Waals surface area contributed by atoms with E-state index in [1.165, 1.54) is 19.3 Å². The number of primary amides is 1. The minimum Gasteiger partial charge on any atom is -0.493 e. The van der Waals surface area contributed by atoms with Crippen LogP contribution in [0.2, 0.25) is 0 Å². The van der Waals surface area contributed by atoms with Gasteiger partial charge in [-0.1, -0.05) is 18.2 Å². The lowest BCUT2D eigenvalue weighted by atomic mass is 10.1. The number of carbonyl (C=O) groups excluding carboxylic acids is 3. The molecule has 7 nitrogen and oxygen atoms in total. The summed E-state index contributed by atoms with van der Waals surface area (Å²) in [5, 5.41) is -0.559. The fourth-order valence-electron chi connectivity index (χ4n) is 2.67. The molecule has 0 bridgehead atoms. The van der Waals surface area contributed by atoms with Crippen LogP contribution in [-0.4, -0.2) is 35.6 Å². The number of carbonyl (C=O) groups is 3. The summed E-state index contributed by atoms with van der Waals surface area (Å²) in [6.07, 6.45) is 1.53. The zero-order valence-corrected chi connectivity index (χ0v) is 18.7. The predicted molar refractivity (Wildman–Crippen MR) is 118 cm³/mol. The highest BCUT2D eigenvalue weighted by molar-refractivity contribution is 14.1. The molecule has 2 N–H and O–H groups in total. The predicted octanol–water partition coefficient (Wildman–Crippen LogP) is 3.54. The summed E-state index contributed by atoms with van der Waals surface area (Å²) in [5.41, 5.74) is 6.08. The van der Waals surface area contributed by atoms with Crippen molar-refractivity contribution >= 4 is 57.5 Å². The summed E-state index contributed by atoms with van der Waals surface area (Å²) in [6, 6.07) is 9.69. The Hall–Kier alpha value is -2.60. The Kier molecular flexibility index (Phi) is 6.98. The molecule has 0 spiro atoms. The first-order chi connectivity index (χ1) is 14.3. The monoisotopic (exact) mass is 542 g/mol. The Morgan fingerprint density at radius 3 is 2.70 bits per heavy atom. The molecule has 30 heavy (non-hydrogen) atoms. The van der Waals surface area contributed by atoms with Crippen molar-refractivity contribution in [3.8, 4) is 11.5 Å². The molecule has 2 aromatic rings. The van der Waals surface area contributed by atoms with E-state index in [2.05, 4.69) is 0 Å². The Morgan fingerprint density at radius 2 is 2.03 bits per heavy atom. The maximum atomic E-state index is 13.8. The molecule has 1 heterocycles. The molecular weight excluding hydrogens is 526 g/mol. The molecule has 0 radical (unpaired) electrons. The van der Waals surface area contributed by atoms with Gasteiger partial charge < -0.3 is 15.2 Å². The maximum Gasteiger partial charge on any atom is 0.294 e. The lowest BCUT2D eigenvalue weighted by Gasteiger charge is -2.14. The second kappa shape index (κ2) is 9.47. The molecule has 0 unspecified atom stereocenters. The van der Waals surface area contributed by atoms with E-state index in [1.807, 2.05) is 22.6 Å². The van der Waals surface area contributed by atoms with Crippen LogP contribution in [0.5, 0.6) is 11.5 Å². The Morgan fingerprint density at radius 1 is 1.30 bits per heavy atom. The summed E-state index contributed by atoms with van der Waals surface area (Å²) < 4.78 is 25.7. The van der Waals surface area contributed by atoms with Gasteiger partial charge in [-0.3, -0.25) is 19.3 Å². The van der Waals surface area contributed by atoms with E-state index in [1.54, 1.807) is 30.3 Å².